The number of aromatic nitrogens is 3. The van der Waals surface area contributed by atoms with E-state index in [-0.39, 0.29) is 0 Å². The molecule has 0 saturated carbocycles. The number of hydrogen-bond acceptors (Lipinski definition) is 6. The van der Waals surface area contributed by atoms with E-state index in [0.29, 0.717) is 24.6 Å². The molecule has 2 aromatic rings. The second-order valence-corrected chi connectivity index (χ2v) is 4.16. The van der Waals surface area contributed by atoms with Crippen LogP contribution < -0.4 is 5.32 Å². The van der Waals surface area contributed by atoms with Gasteiger partial charge < -0.3 is 10.1 Å². The van der Waals surface area contributed by atoms with E-state index >= 15 is 0 Å². The first-order chi connectivity index (χ1) is 9.29. The van der Waals surface area contributed by atoms with E-state index in [0.717, 1.165) is 16.8 Å². The van der Waals surface area contributed by atoms with Crippen molar-refractivity contribution in [3.8, 4) is 11.4 Å². The van der Waals surface area contributed by atoms with Gasteiger partial charge in [0.25, 0.3) is 0 Å². The van der Waals surface area contributed by atoms with Gasteiger partial charge in [0, 0.05) is 36.6 Å². The van der Waals surface area contributed by atoms with Crippen molar-refractivity contribution in [3.63, 3.8) is 0 Å². The molecule has 2 aromatic heterocycles. The number of carbonyl (C=O) groups is 1. The lowest BCUT2D eigenvalue weighted by Gasteiger charge is -2.07. The van der Waals surface area contributed by atoms with Gasteiger partial charge in [-0.1, -0.05) is 0 Å². The lowest BCUT2D eigenvalue weighted by molar-refractivity contribution is 0.0592. The molecule has 96 valence electrons. The van der Waals surface area contributed by atoms with Gasteiger partial charge in [-0.25, -0.2) is 14.8 Å². The second-order valence-electron chi connectivity index (χ2n) is 4.16. The Morgan fingerprint density at radius 1 is 1.37 bits per heavy atom. The number of esters is 1. The van der Waals surface area contributed by atoms with Gasteiger partial charge in [-0.3, -0.25) is 4.98 Å². The fourth-order valence-corrected chi connectivity index (χ4v) is 2.06. The van der Waals surface area contributed by atoms with Crippen LogP contribution in [0.5, 0.6) is 0 Å². The Kier molecular flexibility index (Phi) is 2.92. The summed E-state index contributed by atoms with van der Waals surface area (Å²) < 4.78 is 4.78. The highest BCUT2D eigenvalue weighted by Gasteiger charge is 2.24. The predicted molar refractivity (Wildman–Crippen MR) is 67.1 cm³/mol. The van der Waals surface area contributed by atoms with Crippen molar-refractivity contribution in [2.45, 2.75) is 13.1 Å². The number of methoxy groups -OCH3 is 1. The first-order valence-corrected chi connectivity index (χ1v) is 5.89. The highest BCUT2D eigenvalue weighted by Crippen LogP contribution is 2.22. The Hall–Kier alpha value is -2.34. The standard InChI is InChI=1S/C13H12N4O2/c1-19-13(18)11-9-6-15-7-10(9)16-12(17-11)8-3-2-4-14-5-8/h2-5,15H,6-7H2,1H3. The molecule has 19 heavy (non-hydrogen) atoms. The van der Waals surface area contributed by atoms with Crippen LogP contribution in [0.25, 0.3) is 11.4 Å². The largest absolute Gasteiger partial charge is 0.464 e. The third-order valence-corrected chi connectivity index (χ3v) is 2.99. The van der Waals surface area contributed by atoms with Crippen molar-refractivity contribution in [1.29, 1.82) is 0 Å². The average molecular weight is 256 g/mol. The van der Waals surface area contributed by atoms with E-state index in [1.807, 2.05) is 12.1 Å². The second kappa shape index (κ2) is 4.74. The third-order valence-electron chi connectivity index (χ3n) is 2.99. The van der Waals surface area contributed by atoms with Crippen LogP contribution in [0, 0.1) is 0 Å². The van der Waals surface area contributed by atoms with Crippen molar-refractivity contribution >= 4 is 5.97 Å². The molecular formula is C13H12N4O2. The Balaban J connectivity index is 2.15. The van der Waals surface area contributed by atoms with Gasteiger partial charge in [-0.2, -0.15) is 0 Å². The van der Waals surface area contributed by atoms with Crippen LogP contribution in [0.1, 0.15) is 21.7 Å². The number of hydrogen-bond donors (Lipinski definition) is 1. The topological polar surface area (TPSA) is 77.0 Å². The van der Waals surface area contributed by atoms with Gasteiger partial charge in [0.2, 0.25) is 0 Å². The quantitative estimate of drug-likeness (QED) is 0.805. The summed E-state index contributed by atoms with van der Waals surface area (Å²) in [6.07, 6.45) is 3.35. The van der Waals surface area contributed by atoms with Gasteiger partial charge in [-0.05, 0) is 12.1 Å². The number of fused-ring (bicyclic) bond motifs is 1. The first-order valence-electron chi connectivity index (χ1n) is 5.89. The van der Waals surface area contributed by atoms with E-state index in [2.05, 4.69) is 20.3 Å². The minimum Gasteiger partial charge on any atom is -0.464 e. The maximum atomic E-state index is 11.8. The lowest BCUT2D eigenvalue weighted by atomic mass is 10.1. The SMILES string of the molecule is COC(=O)c1nc(-c2cccnc2)nc2c1CNC2. The summed E-state index contributed by atoms with van der Waals surface area (Å²) in [6, 6.07) is 3.67. The van der Waals surface area contributed by atoms with Gasteiger partial charge in [0.05, 0.1) is 12.8 Å². The van der Waals surface area contributed by atoms with Crippen LogP contribution in [0.3, 0.4) is 0 Å². The fourth-order valence-electron chi connectivity index (χ4n) is 2.06. The summed E-state index contributed by atoms with van der Waals surface area (Å²) in [5.74, 6) is 0.0587. The molecule has 0 spiro atoms. The highest BCUT2D eigenvalue weighted by atomic mass is 16.5. The molecule has 0 fully saturated rings. The molecular weight excluding hydrogens is 244 g/mol. The van der Waals surface area contributed by atoms with Gasteiger partial charge in [-0.15, -0.1) is 0 Å². The minimum atomic E-state index is -0.438. The molecule has 6 nitrogen and oxygen atoms in total. The normalized spacial score (nSPS) is 13.1. The fraction of sp³-hybridized carbons (Fsp3) is 0.231. The van der Waals surface area contributed by atoms with Crippen LogP contribution in [-0.2, 0) is 17.8 Å². The maximum absolute atomic E-state index is 11.8. The summed E-state index contributed by atoms with van der Waals surface area (Å²) in [4.78, 5) is 24.6. The summed E-state index contributed by atoms with van der Waals surface area (Å²) in [6.45, 7) is 1.22. The predicted octanol–water partition coefficient (Wildman–Crippen LogP) is 0.928. The number of nitrogens with zero attached hydrogens (tertiary/aromatic N) is 3. The molecule has 0 aliphatic carbocycles. The average Bonchev–Trinajstić information content (AvgIpc) is 2.94. The van der Waals surface area contributed by atoms with Crippen molar-refractivity contribution in [2.24, 2.45) is 0 Å². The first kappa shape index (κ1) is 11.7. The maximum Gasteiger partial charge on any atom is 0.357 e. The van der Waals surface area contributed by atoms with Gasteiger partial charge in [0.1, 0.15) is 0 Å². The lowest BCUT2D eigenvalue weighted by Crippen LogP contribution is -2.11. The number of pyridine rings is 1. The zero-order valence-corrected chi connectivity index (χ0v) is 10.4. The molecule has 1 aliphatic heterocycles. The zero-order valence-electron chi connectivity index (χ0n) is 10.4. The summed E-state index contributed by atoms with van der Waals surface area (Å²) in [7, 11) is 1.35. The van der Waals surface area contributed by atoms with Crippen LogP contribution in [0.15, 0.2) is 24.5 Å². The number of ether oxygens (including phenoxy) is 1. The summed E-state index contributed by atoms with van der Waals surface area (Å²) in [5.41, 5.74) is 2.77. The van der Waals surface area contributed by atoms with E-state index in [4.69, 9.17) is 4.74 Å². The monoisotopic (exact) mass is 256 g/mol. The molecule has 0 aromatic carbocycles. The van der Waals surface area contributed by atoms with Crippen molar-refractivity contribution < 1.29 is 9.53 Å². The third kappa shape index (κ3) is 2.06. The Morgan fingerprint density at radius 3 is 3.00 bits per heavy atom. The number of rotatable bonds is 2. The van der Waals surface area contributed by atoms with Crippen molar-refractivity contribution in [1.82, 2.24) is 20.3 Å². The van der Waals surface area contributed by atoms with E-state index in [9.17, 15) is 4.79 Å². The molecule has 0 amide bonds. The van der Waals surface area contributed by atoms with E-state index in [1.54, 1.807) is 12.4 Å². The highest BCUT2D eigenvalue weighted by molar-refractivity contribution is 5.89. The van der Waals surface area contributed by atoms with Gasteiger partial charge in [0.15, 0.2) is 11.5 Å². The van der Waals surface area contributed by atoms with Crippen LogP contribution in [-0.4, -0.2) is 28.0 Å². The van der Waals surface area contributed by atoms with Crippen LogP contribution in [0.2, 0.25) is 0 Å². The van der Waals surface area contributed by atoms with Gasteiger partial charge >= 0.3 is 5.97 Å². The molecule has 6 heteroatoms. The molecule has 0 saturated heterocycles. The summed E-state index contributed by atoms with van der Waals surface area (Å²) in [5, 5.41) is 3.16. The minimum absolute atomic E-state index is 0.330. The van der Waals surface area contributed by atoms with E-state index in [1.165, 1.54) is 7.11 Å². The Bertz CT molecular complexity index is 628. The molecule has 1 N–H and O–H groups in total. The molecule has 0 atom stereocenters. The Morgan fingerprint density at radius 2 is 2.26 bits per heavy atom. The van der Waals surface area contributed by atoms with E-state index < -0.39 is 5.97 Å². The van der Waals surface area contributed by atoms with Crippen molar-refractivity contribution in [2.75, 3.05) is 7.11 Å². The molecule has 1 aliphatic rings. The van der Waals surface area contributed by atoms with Crippen LogP contribution in [0.4, 0.5) is 0 Å². The summed E-state index contributed by atoms with van der Waals surface area (Å²) >= 11 is 0. The molecule has 0 unspecified atom stereocenters. The molecule has 0 radical (unpaired) electrons. The Labute approximate surface area is 109 Å². The van der Waals surface area contributed by atoms with Crippen molar-refractivity contribution in [3.05, 3.63) is 41.5 Å². The van der Waals surface area contributed by atoms with Crippen LogP contribution >= 0.6 is 0 Å². The molecule has 0 bridgehead atoms. The molecule has 3 heterocycles. The number of nitrogens with one attached hydrogen (secondary N) is 1. The smallest absolute Gasteiger partial charge is 0.357 e. The zero-order chi connectivity index (χ0) is 13.2. The number of carbonyl (C=O) groups excluding carboxylic acids is 1. The molecule has 3 rings (SSSR count).